The van der Waals surface area contributed by atoms with E-state index in [-0.39, 0.29) is 30.9 Å². The van der Waals surface area contributed by atoms with Gasteiger partial charge in [-0.2, -0.15) is 0 Å². The highest BCUT2D eigenvalue weighted by Gasteiger charge is 2.36. The van der Waals surface area contributed by atoms with E-state index < -0.39 is 22.7 Å². The van der Waals surface area contributed by atoms with E-state index in [2.05, 4.69) is 4.98 Å². The lowest BCUT2D eigenvalue weighted by molar-refractivity contribution is -0.384. The van der Waals surface area contributed by atoms with Crippen LogP contribution in [0.1, 0.15) is 41.6 Å². The second-order valence-corrected chi connectivity index (χ2v) is 8.50. The molecule has 0 spiro atoms. The molecular formula is C25H26N2O5S. The van der Waals surface area contributed by atoms with E-state index in [1.165, 1.54) is 23.5 Å². The first kappa shape index (κ1) is 24.3. The lowest BCUT2D eigenvalue weighted by Crippen LogP contribution is -2.33. The molecular weight excluding hydrogens is 440 g/mol. The van der Waals surface area contributed by atoms with Gasteiger partial charge in [0.2, 0.25) is 0 Å². The molecule has 2 atom stereocenters. The third-order valence-electron chi connectivity index (χ3n) is 5.36. The van der Waals surface area contributed by atoms with Crippen LogP contribution in [-0.2, 0) is 33.6 Å². The Hall–Kier alpha value is -3.39. The smallest absolute Gasteiger partial charge is 0.316 e. The van der Waals surface area contributed by atoms with E-state index in [0.717, 1.165) is 23.2 Å². The van der Waals surface area contributed by atoms with Gasteiger partial charge < -0.3 is 4.74 Å². The molecule has 8 heteroatoms. The first-order valence-corrected chi connectivity index (χ1v) is 11.7. The number of ketones is 1. The van der Waals surface area contributed by atoms with Crippen LogP contribution in [0.25, 0.3) is 0 Å². The van der Waals surface area contributed by atoms with Gasteiger partial charge in [0.25, 0.3) is 5.69 Å². The number of nitro groups is 1. The first-order chi connectivity index (χ1) is 15.9. The summed E-state index contributed by atoms with van der Waals surface area (Å²) in [6.07, 6.45) is 1.26. The molecule has 0 radical (unpaired) electrons. The Morgan fingerprint density at radius 2 is 1.70 bits per heavy atom. The van der Waals surface area contributed by atoms with Crippen LogP contribution in [0, 0.1) is 16.0 Å². The molecule has 0 saturated carbocycles. The number of hydrogen-bond donors (Lipinski definition) is 0. The number of aryl methyl sites for hydroxylation is 1. The predicted molar refractivity (Wildman–Crippen MR) is 126 cm³/mol. The molecule has 0 amide bonds. The van der Waals surface area contributed by atoms with Gasteiger partial charge in [-0.05, 0) is 37.3 Å². The van der Waals surface area contributed by atoms with Crippen molar-refractivity contribution in [3.8, 4) is 0 Å². The summed E-state index contributed by atoms with van der Waals surface area (Å²) >= 11 is 1.39. The van der Waals surface area contributed by atoms with Crippen molar-refractivity contribution in [2.45, 2.75) is 39.0 Å². The van der Waals surface area contributed by atoms with Crippen molar-refractivity contribution in [2.24, 2.45) is 5.92 Å². The molecule has 33 heavy (non-hydrogen) atoms. The lowest BCUT2D eigenvalue weighted by atomic mass is 9.85. The molecule has 0 aliphatic rings. The van der Waals surface area contributed by atoms with Crippen molar-refractivity contribution in [2.75, 3.05) is 6.61 Å². The fourth-order valence-electron chi connectivity index (χ4n) is 3.58. The fraction of sp³-hybridized carbons (Fsp3) is 0.320. The van der Waals surface area contributed by atoms with Crippen LogP contribution in [0.15, 0.2) is 60.0 Å². The summed E-state index contributed by atoms with van der Waals surface area (Å²) < 4.78 is 5.25. The standard InChI is InChI=1S/C25H26N2O5S/c1-3-19-16-33-24(26-19)21(14-18-10-12-20(13-11-18)27(30)31)23(28)22(25(29)32-4-2)15-17-8-6-5-7-9-17/h5-13,16,21-22H,3-4,14-15H2,1-2H3/t21?,22-/m0/s1. The highest BCUT2D eigenvalue weighted by atomic mass is 32.1. The van der Waals surface area contributed by atoms with E-state index in [4.69, 9.17) is 4.74 Å². The fourth-order valence-corrected chi connectivity index (χ4v) is 4.59. The predicted octanol–water partition coefficient (Wildman–Crippen LogP) is 4.93. The number of rotatable bonds is 11. The van der Waals surface area contributed by atoms with Gasteiger partial charge in [-0.1, -0.05) is 49.4 Å². The minimum Gasteiger partial charge on any atom is -0.465 e. The van der Waals surface area contributed by atoms with Gasteiger partial charge in [-0.15, -0.1) is 11.3 Å². The average molecular weight is 467 g/mol. The van der Waals surface area contributed by atoms with E-state index in [9.17, 15) is 19.7 Å². The zero-order valence-corrected chi connectivity index (χ0v) is 19.4. The van der Waals surface area contributed by atoms with Gasteiger partial charge in [-0.25, -0.2) is 4.98 Å². The van der Waals surface area contributed by atoms with Crippen LogP contribution in [0.5, 0.6) is 0 Å². The average Bonchev–Trinajstić information content (AvgIpc) is 3.30. The zero-order valence-electron chi connectivity index (χ0n) is 18.6. The molecule has 0 saturated heterocycles. The van der Waals surface area contributed by atoms with Crippen molar-refractivity contribution in [3.05, 3.63) is 91.9 Å². The second-order valence-electron chi connectivity index (χ2n) is 7.61. The molecule has 0 N–H and O–H groups in total. The summed E-state index contributed by atoms with van der Waals surface area (Å²) in [5.74, 6) is -2.43. The maximum Gasteiger partial charge on any atom is 0.316 e. The normalized spacial score (nSPS) is 12.7. The number of carbonyl (C=O) groups excluding carboxylic acids is 2. The van der Waals surface area contributed by atoms with Crippen LogP contribution < -0.4 is 0 Å². The monoisotopic (exact) mass is 466 g/mol. The topological polar surface area (TPSA) is 99.4 Å². The van der Waals surface area contributed by atoms with Crippen molar-refractivity contribution in [1.82, 2.24) is 4.98 Å². The van der Waals surface area contributed by atoms with E-state index in [1.807, 2.05) is 42.6 Å². The minimum atomic E-state index is -0.968. The number of esters is 1. The van der Waals surface area contributed by atoms with Crippen LogP contribution >= 0.6 is 11.3 Å². The first-order valence-electron chi connectivity index (χ1n) is 10.8. The van der Waals surface area contributed by atoms with Gasteiger partial charge in [0, 0.05) is 17.5 Å². The lowest BCUT2D eigenvalue weighted by Gasteiger charge is -2.20. The summed E-state index contributed by atoms with van der Waals surface area (Å²) in [7, 11) is 0. The number of nitro benzene ring substituents is 1. The van der Waals surface area contributed by atoms with Crippen molar-refractivity contribution < 1.29 is 19.2 Å². The number of aromatic nitrogens is 1. The molecule has 1 aromatic heterocycles. The molecule has 0 bridgehead atoms. The van der Waals surface area contributed by atoms with Gasteiger partial charge >= 0.3 is 5.97 Å². The Morgan fingerprint density at radius 1 is 1.03 bits per heavy atom. The Morgan fingerprint density at radius 3 is 2.27 bits per heavy atom. The second kappa shape index (κ2) is 11.5. The Kier molecular flexibility index (Phi) is 8.43. The molecule has 3 aromatic rings. The number of benzene rings is 2. The number of hydrogen-bond acceptors (Lipinski definition) is 7. The maximum absolute atomic E-state index is 13.8. The molecule has 0 aliphatic heterocycles. The van der Waals surface area contributed by atoms with Gasteiger partial charge in [0.05, 0.1) is 23.1 Å². The van der Waals surface area contributed by atoms with Gasteiger partial charge in [0.15, 0.2) is 5.78 Å². The third-order valence-corrected chi connectivity index (χ3v) is 6.36. The van der Waals surface area contributed by atoms with E-state index >= 15 is 0 Å². The van der Waals surface area contributed by atoms with Crippen LogP contribution in [0.2, 0.25) is 0 Å². The summed E-state index contributed by atoms with van der Waals surface area (Å²) in [6, 6.07) is 15.5. The summed E-state index contributed by atoms with van der Waals surface area (Å²) in [5.41, 5.74) is 2.49. The Labute approximate surface area is 196 Å². The summed E-state index contributed by atoms with van der Waals surface area (Å²) in [6.45, 7) is 3.88. The van der Waals surface area contributed by atoms with Crippen molar-refractivity contribution in [3.63, 3.8) is 0 Å². The highest BCUT2D eigenvalue weighted by Crippen LogP contribution is 2.30. The quantitative estimate of drug-likeness (QED) is 0.172. The molecule has 7 nitrogen and oxygen atoms in total. The van der Waals surface area contributed by atoms with Gasteiger partial charge in [-0.3, -0.25) is 19.7 Å². The summed E-state index contributed by atoms with van der Waals surface area (Å²) in [5, 5.41) is 13.5. The molecule has 3 rings (SSSR count). The molecule has 0 aliphatic carbocycles. The largest absolute Gasteiger partial charge is 0.465 e. The SMILES string of the molecule is CCOC(=O)[C@@H](Cc1ccccc1)C(=O)C(Cc1ccc([N+](=O)[O-])cc1)c1nc(CC)cs1. The molecule has 0 fully saturated rings. The highest BCUT2D eigenvalue weighted by molar-refractivity contribution is 7.09. The van der Waals surface area contributed by atoms with Crippen molar-refractivity contribution in [1.29, 1.82) is 0 Å². The number of carbonyl (C=O) groups is 2. The van der Waals surface area contributed by atoms with Crippen LogP contribution in [-0.4, -0.2) is 28.3 Å². The molecule has 1 heterocycles. The Balaban J connectivity index is 1.95. The zero-order chi connectivity index (χ0) is 23.8. The number of nitrogens with zero attached hydrogens (tertiary/aromatic N) is 2. The molecule has 1 unspecified atom stereocenters. The Bertz CT molecular complexity index is 1100. The summed E-state index contributed by atoms with van der Waals surface area (Å²) in [4.78, 5) is 41.8. The number of thiazole rings is 1. The van der Waals surface area contributed by atoms with Crippen molar-refractivity contribution >= 4 is 28.8 Å². The number of non-ortho nitro benzene ring substituents is 1. The van der Waals surface area contributed by atoms with Gasteiger partial charge in [0.1, 0.15) is 10.9 Å². The minimum absolute atomic E-state index is 0.0161. The number of ether oxygens (including phenoxy) is 1. The van der Waals surface area contributed by atoms with Crippen LogP contribution in [0.4, 0.5) is 5.69 Å². The van der Waals surface area contributed by atoms with E-state index in [0.29, 0.717) is 5.01 Å². The third kappa shape index (κ3) is 6.32. The maximum atomic E-state index is 13.8. The number of Topliss-reactive ketones (excluding diaryl/α,β-unsaturated/α-hetero) is 1. The molecule has 172 valence electrons. The van der Waals surface area contributed by atoms with Crippen LogP contribution in [0.3, 0.4) is 0 Å². The molecule has 2 aromatic carbocycles. The van der Waals surface area contributed by atoms with E-state index in [1.54, 1.807) is 19.1 Å².